The second kappa shape index (κ2) is 6.73. The largest absolute Gasteiger partial charge is 0.376 e. The molecule has 2 aromatic rings. The van der Waals surface area contributed by atoms with Gasteiger partial charge in [0, 0.05) is 30.6 Å². The van der Waals surface area contributed by atoms with E-state index in [0.29, 0.717) is 18.8 Å². The Morgan fingerprint density at radius 1 is 1.33 bits per heavy atom. The molecule has 1 atom stereocenters. The third-order valence-electron chi connectivity index (χ3n) is 4.82. The van der Waals surface area contributed by atoms with Crippen LogP contribution in [0, 0.1) is 0 Å². The van der Waals surface area contributed by atoms with Crippen LogP contribution in [0.3, 0.4) is 0 Å². The Balaban J connectivity index is 1.57. The van der Waals surface area contributed by atoms with Crippen LogP contribution in [0.15, 0.2) is 24.4 Å². The van der Waals surface area contributed by atoms with Crippen LogP contribution in [0.1, 0.15) is 46.7 Å². The molecule has 4 rings (SSSR count). The van der Waals surface area contributed by atoms with E-state index in [0.717, 1.165) is 55.7 Å². The zero-order chi connectivity index (χ0) is 16.4. The van der Waals surface area contributed by atoms with Gasteiger partial charge in [0.2, 0.25) is 0 Å². The lowest BCUT2D eigenvalue weighted by Crippen LogP contribution is -2.37. The monoisotopic (exact) mass is 326 g/mol. The molecule has 0 radical (unpaired) electrons. The molecule has 1 aliphatic heterocycles. The summed E-state index contributed by atoms with van der Waals surface area (Å²) in [5.74, 6) is -0.0180. The number of carbonyl (C=O) groups excluding carboxylic acids is 1. The van der Waals surface area contributed by atoms with E-state index in [1.807, 2.05) is 23.1 Å². The summed E-state index contributed by atoms with van der Waals surface area (Å²) in [6, 6.07) is 5.78. The van der Waals surface area contributed by atoms with Crippen molar-refractivity contribution in [1.82, 2.24) is 20.1 Å². The van der Waals surface area contributed by atoms with Gasteiger partial charge < -0.3 is 9.64 Å². The van der Waals surface area contributed by atoms with Crippen LogP contribution in [0.2, 0.25) is 0 Å². The summed E-state index contributed by atoms with van der Waals surface area (Å²) in [4.78, 5) is 19.3. The maximum atomic E-state index is 13.1. The Bertz CT molecular complexity index is 707. The molecular weight excluding hydrogens is 304 g/mol. The maximum absolute atomic E-state index is 13.1. The highest BCUT2D eigenvalue weighted by Gasteiger charge is 2.29. The topological polar surface area (TPSA) is 71.1 Å². The van der Waals surface area contributed by atoms with Gasteiger partial charge in [-0.1, -0.05) is 6.07 Å². The van der Waals surface area contributed by atoms with Gasteiger partial charge in [-0.15, -0.1) is 0 Å². The van der Waals surface area contributed by atoms with Gasteiger partial charge in [0.05, 0.1) is 18.3 Å². The van der Waals surface area contributed by atoms with Crippen molar-refractivity contribution in [1.29, 1.82) is 0 Å². The van der Waals surface area contributed by atoms with Crippen LogP contribution in [-0.4, -0.2) is 45.2 Å². The zero-order valence-corrected chi connectivity index (χ0v) is 13.7. The number of aromatic amines is 1. The molecule has 24 heavy (non-hydrogen) atoms. The van der Waals surface area contributed by atoms with Gasteiger partial charge in [0.15, 0.2) is 5.69 Å². The minimum atomic E-state index is -0.0180. The third-order valence-corrected chi connectivity index (χ3v) is 4.82. The number of H-pyrrole nitrogens is 1. The molecule has 2 aromatic heterocycles. The van der Waals surface area contributed by atoms with Crippen LogP contribution in [0.25, 0.3) is 0 Å². The molecule has 6 nitrogen and oxygen atoms in total. The number of hydrogen-bond donors (Lipinski definition) is 1. The molecule has 1 fully saturated rings. The Kier molecular flexibility index (Phi) is 4.30. The summed E-state index contributed by atoms with van der Waals surface area (Å²) in [6.07, 6.45) is 6.96. The molecule has 1 N–H and O–H groups in total. The normalized spacial score (nSPS) is 19.4. The van der Waals surface area contributed by atoms with Gasteiger partial charge in [0.1, 0.15) is 0 Å². The molecule has 6 heteroatoms. The first-order valence-electron chi connectivity index (χ1n) is 8.68. The molecule has 0 bridgehead atoms. The lowest BCUT2D eigenvalue weighted by atomic mass is 10.1. The summed E-state index contributed by atoms with van der Waals surface area (Å²) in [7, 11) is 0. The second-order valence-corrected chi connectivity index (χ2v) is 6.52. The van der Waals surface area contributed by atoms with E-state index >= 15 is 0 Å². The molecule has 0 spiro atoms. The van der Waals surface area contributed by atoms with Gasteiger partial charge in [-0.05, 0) is 44.2 Å². The summed E-state index contributed by atoms with van der Waals surface area (Å²) < 4.78 is 5.74. The summed E-state index contributed by atoms with van der Waals surface area (Å²) in [5, 5.41) is 7.33. The number of nitrogens with zero attached hydrogens (tertiary/aromatic N) is 3. The second-order valence-electron chi connectivity index (χ2n) is 6.52. The average molecular weight is 326 g/mol. The first kappa shape index (κ1) is 15.3. The van der Waals surface area contributed by atoms with E-state index in [-0.39, 0.29) is 12.0 Å². The summed E-state index contributed by atoms with van der Waals surface area (Å²) >= 11 is 0. The molecule has 2 aliphatic rings. The number of pyridine rings is 1. The van der Waals surface area contributed by atoms with E-state index in [4.69, 9.17) is 4.74 Å². The number of aryl methyl sites for hydroxylation is 1. The average Bonchev–Trinajstić information content (AvgIpc) is 3.32. The number of aromatic nitrogens is 3. The fourth-order valence-corrected chi connectivity index (χ4v) is 3.59. The summed E-state index contributed by atoms with van der Waals surface area (Å²) in [6.45, 7) is 1.87. The van der Waals surface area contributed by atoms with Crippen molar-refractivity contribution >= 4 is 5.91 Å². The number of fused-ring (bicyclic) bond motifs is 1. The fraction of sp³-hybridized carbons (Fsp3) is 0.500. The van der Waals surface area contributed by atoms with Crippen LogP contribution >= 0.6 is 0 Å². The Morgan fingerprint density at radius 3 is 3.08 bits per heavy atom. The Labute approximate surface area is 141 Å². The SMILES string of the molecule is O=C(c1n[nH]c2c1CCC2)N(Cc1ccccn1)C[C@@H]1CCCO1. The number of rotatable bonds is 5. The van der Waals surface area contributed by atoms with Crippen LogP contribution < -0.4 is 0 Å². The van der Waals surface area contributed by atoms with Gasteiger partial charge in [-0.3, -0.25) is 14.9 Å². The minimum absolute atomic E-state index is 0.0180. The van der Waals surface area contributed by atoms with Gasteiger partial charge in [-0.25, -0.2) is 0 Å². The molecular formula is C18H22N4O2. The van der Waals surface area contributed by atoms with E-state index in [2.05, 4.69) is 15.2 Å². The number of carbonyl (C=O) groups is 1. The number of amides is 1. The van der Waals surface area contributed by atoms with Crippen molar-refractivity contribution in [3.63, 3.8) is 0 Å². The van der Waals surface area contributed by atoms with Crippen molar-refractivity contribution in [2.24, 2.45) is 0 Å². The lowest BCUT2D eigenvalue weighted by Gasteiger charge is -2.24. The predicted octanol–water partition coefficient (Wildman–Crippen LogP) is 2.11. The molecule has 1 amide bonds. The van der Waals surface area contributed by atoms with Gasteiger partial charge in [-0.2, -0.15) is 5.10 Å². The summed E-state index contributed by atoms with van der Waals surface area (Å²) in [5.41, 5.74) is 3.68. The lowest BCUT2D eigenvalue weighted by molar-refractivity contribution is 0.0499. The van der Waals surface area contributed by atoms with E-state index in [1.165, 1.54) is 0 Å². The number of ether oxygens (including phenoxy) is 1. The molecule has 0 aromatic carbocycles. The van der Waals surface area contributed by atoms with Gasteiger partial charge >= 0.3 is 0 Å². The zero-order valence-electron chi connectivity index (χ0n) is 13.7. The fourth-order valence-electron chi connectivity index (χ4n) is 3.59. The van der Waals surface area contributed by atoms with Crippen molar-refractivity contribution in [2.75, 3.05) is 13.2 Å². The van der Waals surface area contributed by atoms with Crippen molar-refractivity contribution in [3.8, 4) is 0 Å². The maximum Gasteiger partial charge on any atom is 0.275 e. The molecule has 126 valence electrons. The molecule has 0 unspecified atom stereocenters. The van der Waals surface area contributed by atoms with Crippen molar-refractivity contribution in [2.45, 2.75) is 44.8 Å². The number of hydrogen-bond acceptors (Lipinski definition) is 4. The van der Waals surface area contributed by atoms with Crippen LogP contribution in [-0.2, 0) is 24.1 Å². The smallest absolute Gasteiger partial charge is 0.275 e. The van der Waals surface area contributed by atoms with Crippen molar-refractivity contribution in [3.05, 3.63) is 47.0 Å². The third kappa shape index (κ3) is 3.06. The first-order chi connectivity index (χ1) is 11.8. The molecule has 1 saturated heterocycles. The standard InChI is InChI=1S/C18H22N4O2/c23-18(17-15-7-3-8-16(15)20-21-17)22(12-14-6-4-10-24-14)11-13-5-1-2-9-19-13/h1-2,5,9,14H,3-4,6-8,10-12H2,(H,20,21)/t14-/m0/s1. The van der Waals surface area contributed by atoms with E-state index in [9.17, 15) is 4.79 Å². The molecule has 3 heterocycles. The predicted molar refractivity (Wildman–Crippen MR) is 88.6 cm³/mol. The minimum Gasteiger partial charge on any atom is -0.376 e. The highest BCUT2D eigenvalue weighted by atomic mass is 16.5. The Hall–Kier alpha value is -2.21. The van der Waals surface area contributed by atoms with E-state index in [1.54, 1.807) is 6.20 Å². The van der Waals surface area contributed by atoms with Crippen LogP contribution in [0.4, 0.5) is 0 Å². The first-order valence-corrected chi connectivity index (χ1v) is 8.68. The quantitative estimate of drug-likeness (QED) is 0.913. The highest BCUT2D eigenvalue weighted by molar-refractivity contribution is 5.94. The van der Waals surface area contributed by atoms with Gasteiger partial charge in [0.25, 0.3) is 5.91 Å². The molecule has 0 saturated carbocycles. The van der Waals surface area contributed by atoms with Crippen LogP contribution in [0.5, 0.6) is 0 Å². The molecule has 1 aliphatic carbocycles. The number of nitrogens with one attached hydrogen (secondary N) is 1. The highest BCUT2D eigenvalue weighted by Crippen LogP contribution is 2.25. The van der Waals surface area contributed by atoms with E-state index < -0.39 is 0 Å². The van der Waals surface area contributed by atoms with Crippen molar-refractivity contribution < 1.29 is 9.53 Å². The Morgan fingerprint density at radius 2 is 2.29 bits per heavy atom.